The number of methoxy groups -OCH3 is 1. The lowest BCUT2D eigenvalue weighted by molar-refractivity contribution is -0.123. The van der Waals surface area contributed by atoms with Gasteiger partial charge >= 0.3 is 0 Å². The molecule has 1 aliphatic rings. The Bertz CT molecular complexity index is 999. The molecule has 0 saturated heterocycles. The number of allylic oxidation sites excluding steroid dienone is 1. The molecule has 6 nitrogen and oxygen atoms in total. The summed E-state index contributed by atoms with van der Waals surface area (Å²) in [6.07, 6.45) is 1.64. The van der Waals surface area contributed by atoms with Crippen LogP contribution in [0.5, 0.6) is 17.2 Å². The third-order valence-corrected chi connectivity index (χ3v) is 4.80. The van der Waals surface area contributed by atoms with Crippen LogP contribution in [0.25, 0.3) is 6.08 Å². The summed E-state index contributed by atoms with van der Waals surface area (Å²) in [6, 6.07) is 7.36. The maximum Gasteiger partial charge on any atom is 0.257 e. The summed E-state index contributed by atoms with van der Waals surface area (Å²) in [4.78, 5) is 24.3. The Morgan fingerprint density at radius 1 is 1.28 bits per heavy atom. The summed E-state index contributed by atoms with van der Waals surface area (Å²) in [5, 5.41) is 12.6. The Morgan fingerprint density at radius 3 is 2.69 bits per heavy atom. The van der Waals surface area contributed by atoms with E-state index < -0.39 is 17.5 Å². The molecule has 2 aromatic carbocycles. The molecular formula is C22H22FNO5. The van der Waals surface area contributed by atoms with Crippen LogP contribution in [0.4, 0.5) is 4.39 Å². The molecule has 152 valence electrons. The molecule has 1 atom stereocenters. The van der Waals surface area contributed by atoms with Crippen LogP contribution < -0.4 is 14.8 Å². The number of amides is 1. The first-order chi connectivity index (χ1) is 13.9. The van der Waals surface area contributed by atoms with Crippen molar-refractivity contribution in [2.75, 3.05) is 20.3 Å². The molecule has 0 aliphatic heterocycles. The largest absolute Gasteiger partial charge is 0.507 e. The zero-order valence-corrected chi connectivity index (χ0v) is 16.4. The van der Waals surface area contributed by atoms with Gasteiger partial charge in [-0.15, -0.1) is 0 Å². The van der Waals surface area contributed by atoms with Crippen molar-refractivity contribution < 1.29 is 28.6 Å². The lowest BCUT2D eigenvalue weighted by atomic mass is 9.97. The molecule has 1 amide bonds. The first-order valence-electron chi connectivity index (χ1n) is 9.22. The standard InChI is InChI=1S/C22H22FNO5/c1-4-24-19(26)11-29-17-8-5-13(10-18(17)28-3)9-14-12(2)20-15(23)6-7-16(25)21(20)22(14)27/h5-10,12,25H,4,11H2,1-3H3,(H,24,26)/b14-9+. The number of ether oxygens (including phenoxy) is 2. The molecule has 2 N–H and O–H groups in total. The molecule has 3 rings (SSSR count). The first-order valence-corrected chi connectivity index (χ1v) is 9.22. The van der Waals surface area contributed by atoms with Crippen LogP contribution in [-0.2, 0) is 4.79 Å². The molecule has 7 heteroatoms. The summed E-state index contributed by atoms with van der Waals surface area (Å²) < 4.78 is 25.0. The average molecular weight is 399 g/mol. The van der Waals surface area contributed by atoms with Crippen LogP contribution in [0, 0.1) is 5.82 Å². The van der Waals surface area contributed by atoms with E-state index in [2.05, 4.69) is 5.32 Å². The molecule has 1 unspecified atom stereocenters. The van der Waals surface area contributed by atoms with Crippen LogP contribution in [0.15, 0.2) is 35.9 Å². The van der Waals surface area contributed by atoms with Crippen LogP contribution in [0.1, 0.15) is 41.3 Å². The SMILES string of the molecule is CCNC(=O)COc1ccc(/C=C2/C(=O)c3c(O)ccc(F)c3C2C)cc1OC. The fourth-order valence-electron chi connectivity index (χ4n) is 3.40. The van der Waals surface area contributed by atoms with Gasteiger partial charge in [0.2, 0.25) is 0 Å². The molecule has 2 aromatic rings. The number of aromatic hydroxyl groups is 1. The van der Waals surface area contributed by atoms with Gasteiger partial charge in [0.25, 0.3) is 5.91 Å². The number of phenols is 1. The maximum atomic E-state index is 14.2. The van der Waals surface area contributed by atoms with E-state index in [9.17, 15) is 19.1 Å². The number of carbonyl (C=O) groups excluding carboxylic acids is 2. The fourth-order valence-corrected chi connectivity index (χ4v) is 3.40. The number of nitrogens with one attached hydrogen (secondary N) is 1. The number of carbonyl (C=O) groups is 2. The molecule has 0 saturated carbocycles. The van der Waals surface area contributed by atoms with Crippen molar-refractivity contribution in [2.45, 2.75) is 19.8 Å². The monoisotopic (exact) mass is 399 g/mol. The van der Waals surface area contributed by atoms with Crippen molar-refractivity contribution in [3.63, 3.8) is 0 Å². The summed E-state index contributed by atoms with van der Waals surface area (Å²) in [7, 11) is 1.47. The fraction of sp³-hybridized carbons (Fsp3) is 0.273. The summed E-state index contributed by atoms with van der Waals surface area (Å²) in [5.74, 6) is -1.11. The topological polar surface area (TPSA) is 84.9 Å². The van der Waals surface area contributed by atoms with Gasteiger partial charge in [0.1, 0.15) is 11.6 Å². The minimum atomic E-state index is -0.520. The Kier molecular flexibility index (Phi) is 5.87. The number of Topliss-reactive ketones (excluding diaryl/α,β-unsaturated/α-hetero) is 1. The average Bonchev–Trinajstić information content (AvgIpc) is 2.95. The molecule has 0 bridgehead atoms. The number of rotatable bonds is 6. The van der Waals surface area contributed by atoms with E-state index in [1.54, 1.807) is 31.2 Å². The van der Waals surface area contributed by atoms with Crippen LogP contribution >= 0.6 is 0 Å². The first kappa shape index (κ1) is 20.4. The Hall–Kier alpha value is -3.35. The van der Waals surface area contributed by atoms with E-state index in [0.29, 0.717) is 29.2 Å². The predicted octanol–water partition coefficient (Wildman–Crippen LogP) is 3.44. The molecule has 0 radical (unpaired) electrons. The molecule has 0 aromatic heterocycles. The second-order valence-corrected chi connectivity index (χ2v) is 6.66. The van der Waals surface area contributed by atoms with E-state index >= 15 is 0 Å². The molecule has 0 spiro atoms. The van der Waals surface area contributed by atoms with E-state index in [0.717, 1.165) is 6.07 Å². The lowest BCUT2D eigenvalue weighted by Gasteiger charge is -2.12. The minimum absolute atomic E-state index is 0.0117. The minimum Gasteiger partial charge on any atom is -0.507 e. The normalized spacial score (nSPS) is 16.6. The highest BCUT2D eigenvalue weighted by Gasteiger charge is 2.36. The van der Waals surface area contributed by atoms with Gasteiger partial charge in [-0.25, -0.2) is 4.39 Å². The van der Waals surface area contributed by atoms with Crippen molar-refractivity contribution in [1.82, 2.24) is 5.32 Å². The number of phenolic OH excluding ortho intramolecular Hbond substituents is 1. The smallest absolute Gasteiger partial charge is 0.257 e. The number of benzene rings is 2. The van der Waals surface area contributed by atoms with Gasteiger partial charge in [0.15, 0.2) is 23.9 Å². The van der Waals surface area contributed by atoms with Gasteiger partial charge in [0, 0.05) is 23.6 Å². The zero-order chi connectivity index (χ0) is 21.1. The van der Waals surface area contributed by atoms with Gasteiger partial charge in [-0.05, 0) is 42.8 Å². The second-order valence-electron chi connectivity index (χ2n) is 6.66. The third kappa shape index (κ3) is 3.94. The van der Waals surface area contributed by atoms with Crippen molar-refractivity contribution in [3.05, 3.63) is 58.4 Å². The molecule has 0 fully saturated rings. The van der Waals surface area contributed by atoms with E-state index in [1.165, 1.54) is 13.2 Å². The van der Waals surface area contributed by atoms with Crippen LogP contribution in [0.2, 0.25) is 0 Å². The van der Waals surface area contributed by atoms with Crippen LogP contribution in [-0.4, -0.2) is 37.1 Å². The van der Waals surface area contributed by atoms with Gasteiger partial charge < -0.3 is 19.9 Å². The second kappa shape index (κ2) is 8.34. The molecule has 0 heterocycles. The number of ketones is 1. The zero-order valence-electron chi connectivity index (χ0n) is 16.4. The number of hydrogen-bond acceptors (Lipinski definition) is 5. The highest BCUT2D eigenvalue weighted by atomic mass is 19.1. The van der Waals surface area contributed by atoms with Gasteiger partial charge in [-0.3, -0.25) is 9.59 Å². The van der Waals surface area contributed by atoms with Gasteiger partial charge in [0.05, 0.1) is 12.7 Å². The molecule has 29 heavy (non-hydrogen) atoms. The molecule has 1 aliphatic carbocycles. The summed E-state index contributed by atoms with van der Waals surface area (Å²) in [6.45, 7) is 3.90. The Morgan fingerprint density at radius 2 is 2.03 bits per heavy atom. The summed E-state index contributed by atoms with van der Waals surface area (Å²) >= 11 is 0. The highest BCUT2D eigenvalue weighted by Crippen LogP contribution is 2.43. The number of hydrogen-bond donors (Lipinski definition) is 2. The maximum absolute atomic E-state index is 14.2. The van der Waals surface area contributed by atoms with Crippen molar-refractivity contribution >= 4 is 17.8 Å². The van der Waals surface area contributed by atoms with E-state index in [-0.39, 0.29) is 29.4 Å². The van der Waals surface area contributed by atoms with E-state index in [4.69, 9.17) is 9.47 Å². The highest BCUT2D eigenvalue weighted by molar-refractivity contribution is 6.18. The number of halogens is 1. The third-order valence-electron chi connectivity index (χ3n) is 4.80. The van der Waals surface area contributed by atoms with Crippen molar-refractivity contribution in [3.8, 4) is 17.2 Å². The van der Waals surface area contributed by atoms with Gasteiger partial charge in [-0.1, -0.05) is 13.0 Å². The molecular weight excluding hydrogens is 377 g/mol. The van der Waals surface area contributed by atoms with E-state index in [1.807, 2.05) is 6.92 Å². The van der Waals surface area contributed by atoms with Crippen molar-refractivity contribution in [1.29, 1.82) is 0 Å². The lowest BCUT2D eigenvalue weighted by Crippen LogP contribution is -2.28. The Labute approximate surface area is 168 Å². The quantitative estimate of drug-likeness (QED) is 0.727. The predicted molar refractivity (Wildman–Crippen MR) is 106 cm³/mol. The van der Waals surface area contributed by atoms with Crippen LogP contribution in [0.3, 0.4) is 0 Å². The number of fused-ring (bicyclic) bond motifs is 1. The summed E-state index contributed by atoms with van der Waals surface area (Å²) in [5.41, 5.74) is 1.24. The Balaban J connectivity index is 1.89. The van der Waals surface area contributed by atoms with Gasteiger partial charge in [-0.2, -0.15) is 0 Å². The number of likely N-dealkylation sites (N-methyl/N-ethyl adjacent to an activating group) is 1. The van der Waals surface area contributed by atoms with Crippen molar-refractivity contribution in [2.24, 2.45) is 0 Å².